The summed E-state index contributed by atoms with van der Waals surface area (Å²) in [6.45, 7) is 3.05. The molecule has 0 radical (unpaired) electrons. The van der Waals surface area contributed by atoms with Crippen LogP contribution >= 0.6 is 0 Å². The van der Waals surface area contributed by atoms with Crippen molar-refractivity contribution in [2.75, 3.05) is 6.54 Å². The molecule has 3 nitrogen and oxygen atoms in total. The fraction of sp³-hybridized carbons (Fsp3) is 0.400. The number of rotatable bonds is 5. The van der Waals surface area contributed by atoms with Crippen LogP contribution in [0.2, 0.25) is 0 Å². The van der Waals surface area contributed by atoms with Crippen molar-refractivity contribution in [2.24, 2.45) is 5.92 Å². The van der Waals surface area contributed by atoms with E-state index in [1.807, 2.05) is 30.3 Å². The van der Waals surface area contributed by atoms with Gasteiger partial charge in [-0.05, 0) is 48.4 Å². The van der Waals surface area contributed by atoms with Crippen LogP contribution in [0.5, 0.6) is 0 Å². The van der Waals surface area contributed by atoms with Crippen molar-refractivity contribution >= 4 is 12.4 Å². The summed E-state index contributed by atoms with van der Waals surface area (Å²) in [4.78, 5) is 11.5. The Morgan fingerprint density at radius 1 is 1.26 bits per heavy atom. The third-order valence-electron chi connectivity index (χ3n) is 4.30. The van der Waals surface area contributed by atoms with Gasteiger partial charge >= 0.3 is 0 Å². The second kappa shape index (κ2) is 8.95. The predicted molar refractivity (Wildman–Crippen MR) is 93.5 cm³/mol. The molecule has 1 aliphatic heterocycles. The Kier molecular flexibility index (Phi) is 6.62. The number of nitrogens with one attached hydrogen (secondary N) is 1. The first-order valence-corrected chi connectivity index (χ1v) is 8.40. The Morgan fingerprint density at radius 3 is 2.70 bits per heavy atom. The molecule has 0 aromatic heterocycles. The van der Waals surface area contributed by atoms with Crippen LogP contribution in [-0.2, 0) is 4.79 Å². The lowest BCUT2D eigenvalue weighted by atomic mass is 9.86. The minimum absolute atomic E-state index is 0.433. The summed E-state index contributed by atoms with van der Waals surface area (Å²) < 4.78 is 0. The van der Waals surface area contributed by atoms with E-state index in [4.69, 9.17) is 5.26 Å². The molecule has 0 saturated heterocycles. The summed E-state index contributed by atoms with van der Waals surface area (Å²) in [7, 11) is 0. The van der Waals surface area contributed by atoms with E-state index in [1.54, 1.807) is 0 Å². The van der Waals surface area contributed by atoms with Crippen LogP contribution in [0.1, 0.15) is 50.2 Å². The van der Waals surface area contributed by atoms with Crippen molar-refractivity contribution in [2.45, 2.75) is 39.0 Å². The summed E-state index contributed by atoms with van der Waals surface area (Å²) >= 11 is 0. The first-order chi connectivity index (χ1) is 11.3. The number of benzene rings is 1. The summed E-state index contributed by atoms with van der Waals surface area (Å²) in [5.41, 5.74) is 3.55. The molecular formula is C20H24N2O. The molecule has 0 amide bonds. The van der Waals surface area contributed by atoms with E-state index in [1.165, 1.54) is 6.42 Å². The maximum absolute atomic E-state index is 11.5. The van der Waals surface area contributed by atoms with Crippen LogP contribution < -0.4 is 5.32 Å². The van der Waals surface area contributed by atoms with Gasteiger partial charge in [0.15, 0.2) is 6.29 Å². The number of aldehydes is 1. The maximum atomic E-state index is 11.5. The van der Waals surface area contributed by atoms with E-state index < -0.39 is 0 Å². The molecule has 2 rings (SSSR count). The van der Waals surface area contributed by atoms with Gasteiger partial charge in [-0.1, -0.05) is 44.1 Å². The largest absolute Gasteiger partial charge is 0.382 e. The van der Waals surface area contributed by atoms with Crippen LogP contribution in [0.15, 0.2) is 41.6 Å². The molecule has 0 bridgehead atoms. The molecule has 1 aromatic rings. The van der Waals surface area contributed by atoms with Gasteiger partial charge < -0.3 is 5.32 Å². The highest BCUT2D eigenvalue weighted by atomic mass is 16.1. The monoisotopic (exact) mass is 308 g/mol. The third kappa shape index (κ3) is 4.82. The molecule has 0 saturated carbocycles. The van der Waals surface area contributed by atoms with Gasteiger partial charge in [0.1, 0.15) is 0 Å². The zero-order chi connectivity index (χ0) is 16.5. The predicted octanol–water partition coefficient (Wildman–Crippen LogP) is 4.21. The first-order valence-electron chi connectivity index (χ1n) is 8.40. The number of carbonyl (C=O) groups is 1. The highest BCUT2D eigenvalue weighted by molar-refractivity contribution is 5.76. The van der Waals surface area contributed by atoms with Crippen molar-refractivity contribution < 1.29 is 4.79 Å². The highest BCUT2D eigenvalue weighted by Gasteiger charge is 2.17. The molecular weight excluding hydrogens is 284 g/mol. The highest BCUT2D eigenvalue weighted by Crippen LogP contribution is 2.28. The fourth-order valence-corrected chi connectivity index (χ4v) is 3.05. The molecule has 23 heavy (non-hydrogen) atoms. The number of allylic oxidation sites excluding steroid dienone is 3. The number of hydrogen-bond acceptors (Lipinski definition) is 3. The third-order valence-corrected chi connectivity index (χ3v) is 4.30. The normalized spacial score (nSPS) is 22.0. The Labute approximate surface area is 138 Å². The Morgan fingerprint density at radius 2 is 2.04 bits per heavy atom. The molecule has 0 spiro atoms. The van der Waals surface area contributed by atoms with E-state index >= 15 is 0 Å². The summed E-state index contributed by atoms with van der Waals surface area (Å²) in [5, 5.41) is 12.1. The average molecular weight is 308 g/mol. The van der Waals surface area contributed by atoms with Crippen molar-refractivity contribution in [3.05, 3.63) is 52.7 Å². The molecule has 0 fully saturated rings. The molecule has 0 aliphatic carbocycles. The Bertz CT molecular complexity index is 620. The standard InChI is InChI=1S/C20H24N2O/c1-2-5-18-6-3-4-13-22-20(15-23)19(18)12-11-16-7-9-17(14-21)10-8-16/h7-12,15,18,22H,2-6,13H2,1H3/b12-11+,20-19-. The van der Waals surface area contributed by atoms with Crippen molar-refractivity contribution in [1.29, 1.82) is 5.26 Å². The average Bonchev–Trinajstić information content (AvgIpc) is 2.57. The topological polar surface area (TPSA) is 52.9 Å². The summed E-state index contributed by atoms with van der Waals surface area (Å²) in [6, 6.07) is 9.62. The van der Waals surface area contributed by atoms with Gasteiger partial charge in [0.25, 0.3) is 0 Å². The first kappa shape index (κ1) is 17.0. The van der Waals surface area contributed by atoms with Gasteiger partial charge in [0, 0.05) is 6.54 Å². The molecule has 1 aromatic carbocycles. The van der Waals surface area contributed by atoms with E-state index in [0.29, 0.717) is 11.5 Å². The van der Waals surface area contributed by atoms with Gasteiger partial charge in [0.2, 0.25) is 0 Å². The fourth-order valence-electron chi connectivity index (χ4n) is 3.05. The minimum Gasteiger partial charge on any atom is -0.382 e. The maximum Gasteiger partial charge on any atom is 0.166 e. The van der Waals surface area contributed by atoms with Crippen molar-refractivity contribution in [3.63, 3.8) is 0 Å². The molecule has 1 N–H and O–H groups in total. The molecule has 1 unspecified atom stereocenters. The Hall–Kier alpha value is -2.34. The SMILES string of the molecule is CCCC1CCCCN/C(C=O)=C1/C=C/c1ccc(C#N)cc1. The van der Waals surface area contributed by atoms with E-state index in [9.17, 15) is 4.79 Å². The van der Waals surface area contributed by atoms with Gasteiger partial charge in [-0.3, -0.25) is 4.79 Å². The quantitative estimate of drug-likeness (QED) is 0.829. The number of hydrogen-bond donors (Lipinski definition) is 1. The van der Waals surface area contributed by atoms with Crippen LogP contribution in [0.4, 0.5) is 0 Å². The van der Waals surface area contributed by atoms with E-state index in [-0.39, 0.29) is 0 Å². The van der Waals surface area contributed by atoms with Crippen LogP contribution in [0, 0.1) is 17.2 Å². The van der Waals surface area contributed by atoms with Gasteiger partial charge in [-0.2, -0.15) is 5.26 Å². The van der Waals surface area contributed by atoms with Gasteiger partial charge in [0.05, 0.1) is 17.3 Å². The molecule has 3 heteroatoms. The lowest BCUT2D eigenvalue weighted by Crippen LogP contribution is -2.23. The number of carbonyl (C=O) groups excluding carboxylic acids is 1. The second-order valence-corrected chi connectivity index (χ2v) is 5.96. The molecule has 1 atom stereocenters. The van der Waals surface area contributed by atoms with Crippen LogP contribution in [-0.4, -0.2) is 12.8 Å². The van der Waals surface area contributed by atoms with Crippen molar-refractivity contribution in [1.82, 2.24) is 5.32 Å². The summed E-state index contributed by atoms with van der Waals surface area (Å²) in [5.74, 6) is 0.433. The smallest absolute Gasteiger partial charge is 0.166 e. The van der Waals surface area contributed by atoms with Crippen LogP contribution in [0.25, 0.3) is 6.08 Å². The number of nitrogens with zero attached hydrogens (tertiary/aromatic N) is 1. The van der Waals surface area contributed by atoms with Gasteiger partial charge in [-0.25, -0.2) is 0 Å². The zero-order valence-corrected chi connectivity index (χ0v) is 13.7. The minimum atomic E-state index is 0.433. The molecule has 1 aliphatic rings. The lowest BCUT2D eigenvalue weighted by molar-refractivity contribution is -0.105. The van der Waals surface area contributed by atoms with E-state index in [2.05, 4.69) is 24.4 Å². The van der Waals surface area contributed by atoms with Crippen LogP contribution in [0.3, 0.4) is 0 Å². The number of nitriles is 1. The molecule has 120 valence electrons. The Balaban J connectivity index is 2.29. The van der Waals surface area contributed by atoms with Crippen molar-refractivity contribution in [3.8, 4) is 6.07 Å². The zero-order valence-electron chi connectivity index (χ0n) is 13.7. The van der Waals surface area contributed by atoms with Gasteiger partial charge in [-0.15, -0.1) is 0 Å². The van der Waals surface area contributed by atoms with E-state index in [0.717, 1.165) is 55.3 Å². The molecule has 1 heterocycles. The summed E-state index contributed by atoms with van der Waals surface area (Å²) in [6.07, 6.45) is 10.7. The lowest BCUT2D eigenvalue weighted by Gasteiger charge is -2.23. The second-order valence-electron chi connectivity index (χ2n) is 5.96.